The molecule has 1 aliphatic rings. The van der Waals surface area contributed by atoms with E-state index in [2.05, 4.69) is 20.8 Å². The van der Waals surface area contributed by atoms with Crippen LogP contribution in [0.15, 0.2) is 28.7 Å². The first-order valence-electron chi connectivity index (χ1n) is 5.46. The van der Waals surface area contributed by atoms with Gasteiger partial charge in [-0.05, 0) is 17.7 Å². The van der Waals surface area contributed by atoms with E-state index in [1.54, 1.807) is 0 Å². The smallest absolute Gasteiger partial charge is 0.334 e. The molecule has 4 nitrogen and oxygen atoms in total. The van der Waals surface area contributed by atoms with Crippen molar-refractivity contribution in [2.24, 2.45) is 0 Å². The first-order chi connectivity index (χ1) is 8.15. The molecule has 1 unspecified atom stereocenters. The number of halogens is 1. The molecule has 0 radical (unpaired) electrons. The summed E-state index contributed by atoms with van der Waals surface area (Å²) in [4.78, 5) is 12.9. The lowest BCUT2D eigenvalue weighted by Crippen LogP contribution is -2.45. The molecule has 1 aromatic rings. The lowest BCUT2D eigenvalue weighted by Gasteiger charge is -2.30. The van der Waals surface area contributed by atoms with Crippen molar-refractivity contribution < 1.29 is 14.6 Å². The third-order valence-corrected chi connectivity index (χ3v) is 3.27. The van der Waals surface area contributed by atoms with Gasteiger partial charge in [-0.25, -0.2) is 4.79 Å². The van der Waals surface area contributed by atoms with Gasteiger partial charge in [0.25, 0.3) is 0 Å². The van der Waals surface area contributed by atoms with Gasteiger partial charge < -0.3 is 9.84 Å². The van der Waals surface area contributed by atoms with Crippen LogP contribution in [0.5, 0.6) is 0 Å². The van der Waals surface area contributed by atoms with Gasteiger partial charge in [0.05, 0.1) is 6.61 Å². The van der Waals surface area contributed by atoms with Gasteiger partial charge in [-0.3, -0.25) is 4.90 Å². The van der Waals surface area contributed by atoms with Crippen LogP contribution >= 0.6 is 15.9 Å². The van der Waals surface area contributed by atoms with Gasteiger partial charge in [0, 0.05) is 24.1 Å². The Balaban J connectivity index is 1.94. The minimum absolute atomic E-state index is 0.450. The average Bonchev–Trinajstić information content (AvgIpc) is 2.32. The molecular weight excluding hydrogens is 286 g/mol. The summed E-state index contributed by atoms with van der Waals surface area (Å²) in [5.74, 6) is -0.884. The van der Waals surface area contributed by atoms with Crippen molar-refractivity contribution in [1.29, 1.82) is 0 Å². The minimum atomic E-state index is -0.884. The maximum absolute atomic E-state index is 10.8. The Hall–Kier alpha value is -0.910. The van der Waals surface area contributed by atoms with Crippen molar-refractivity contribution in [3.63, 3.8) is 0 Å². The van der Waals surface area contributed by atoms with Crippen LogP contribution in [-0.4, -0.2) is 41.8 Å². The molecule has 1 N–H and O–H groups in total. The van der Waals surface area contributed by atoms with Crippen LogP contribution in [0.1, 0.15) is 5.56 Å². The molecule has 1 fully saturated rings. The van der Waals surface area contributed by atoms with E-state index in [0.717, 1.165) is 17.6 Å². The zero-order chi connectivity index (χ0) is 12.3. The van der Waals surface area contributed by atoms with E-state index >= 15 is 0 Å². The molecule has 1 aromatic carbocycles. The Morgan fingerprint density at radius 3 is 2.82 bits per heavy atom. The van der Waals surface area contributed by atoms with Gasteiger partial charge in [0.2, 0.25) is 0 Å². The van der Waals surface area contributed by atoms with Crippen molar-refractivity contribution in [3.05, 3.63) is 34.3 Å². The summed E-state index contributed by atoms with van der Waals surface area (Å²) in [6.07, 6.45) is -0.695. The number of morpholine rings is 1. The highest BCUT2D eigenvalue weighted by Gasteiger charge is 2.25. The van der Waals surface area contributed by atoms with Gasteiger partial charge in [-0.15, -0.1) is 0 Å². The van der Waals surface area contributed by atoms with E-state index < -0.39 is 12.1 Å². The topological polar surface area (TPSA) is 49.8 Å². The van der Waals surface area contributed by atoms with Crippen LogP contribution < -0.4 is 0 Å². The lowest BCUT2D eigenvalue weighted by atomic mass is 10.2. The monoisotopic (exact) mass is 299 g/mol. The van der Waals surface area contributed by atoms with Crippen LogP contribution in [0.2, 0.25) is 0 Å². The zero-order valence-corrected chi connectivity index (χ0v) is 10.9. The molecule has 17 heavy (non-hydrogen) atoms. The van der Waals surface area contributed by atoms with E-state index in [0.29, 0.717) is 13.2 Å². The SMILES string of the molecule is O=C(O)C1CN(Cc2ccc(Br)cc2)CCO1. The zero-order valence-electron chi connectivity index (χ0n) is 9.30. The van der Waals surface area contributed by atoms with Gasteiger partial charge in [0.1, 0.15) is 0 Å². The third kappa shape index (κ3) is 3.52. The first kappa shape index (κ1) is 12.5. The fourth-order valence-corrected chi connectivity index (χ4v) is 2.11. The lowest BCUT2D eigenvalue weighted by molar-refractivity contribution is -0.156. The maximum Gasteiger partial charge on any atom is 0.334 e. The number of carboxylic acids is 1. The summed E-state index contributed by atoms with van der Waals surface area (Å²) in [5, 5.41) is 8.90. The number of ether oxygens (including phenoxy) is 1. The van der Waals surface area contributed by atoms with E-state index in [1.165, 1.54) is 5.56 Å². The number of benzene rings is 1. The molecule has 1 atom stereocenters. The largest absolute Gasteiger partial charge is 0.479 e. The van der Waals surface area contributed by atoms with Crippen molar-refractivity contribution >= 4 is 21.9 Å². The fourth-order valence-electron chi connectivity index (χ4n) is 1.84. The van der Waals surface area contributed by atoms with Crippen LogP contribution in [0, 0.1) is 0 Å². The highest BCUT2D eigenvalue weighted by Crippen LogP contribution is 2.14. The summed E-state index contributed by atoms with van der Waals surface area (Å²) in [6.45, 7) is 2.47. The van der Waals surface area contributed by atoms with Gasteiger partial charge >= 0.3 is 5.97 Å². The van der Waals surface area contributed by atoms with Crippen molar-refractivity contribution in [2.75, 3.05) is 19.7 Å². The average molecular weight is 300 g/mol. The summed E-state index contributed by atoms with van der Waals surface area (Å²) in [7, 11) is 0. The van der Waals surface area contributed by atoms with Crippen LogP contribution in [-0.2, 0) is 16.1 Å². The van der Waals surface area contributed by atoms with Gasteiger partial charge in [-0.1, -0.05) is 28.1 Å². The Morgan fingerprint density at radius 2 is 2.18 bits per heavy atom. The van der Waals surface area contributed by atoms with Gasteiger partial charge in [-0.2, -0.15) is 0 Å². The Kier molecular flexibility index (Phi) is 4.15. The van der Waals surface area contributed by atoms with E-state index in [-0.39, 0.29) is 0 Å². The molecule has 0 amide bonds. The second-order valence-corrected chi connectivity index (χ2v) is 4.97. The van der Waals surface area contributed by atoms with E-state index in [4.69, 9.17) is 9.84 Å². The van der Waals surface area contributed by atoms with Crippen LogP contribution in [0.3, 0.4) is 0 Å². The number of hydrogen-bond donors (Lipinski definition) is 1. The van der Waals surface area contributed by atoms with Crippen molar-refractivity contribution in [2.45, 2.75) is 12.6 Å². The molecule has 1 saturated heterocycles. The van der Waals surface area contributed by atoms with Crippen LogP contribution in [0.4, 0.5) is 0 Å². The highest BCUT2D eigenvalue weighted by atomic mass is 79.9. The molecule has 0 bridgehead atoms. The summed E-state index contributed by atoms with van der Waals surface area (Å²) >= 11 is 3.39. The second kappa shape index (κ2) is 5.62. The Morgan fingerprint density at radius 1 is 1.47 bits per heavy atom. The predicted molar refractivity (Wildman–Crippen MR) is 66.8 cm³/mol. The van der Waals surface area contributed by atoms with Crippen molar-refractivity contribution in [1.82, 2.24) is 4.90 Å². The minimum Gasteiger partial charge on any atom is -0.479 e. The third-order valence-electron chi connectivity index (χ3n) is 2.75. The summed E-state index contributed by atoms with van der Waals surface area (Å²) in [5.41, 5.74) is 1.18. The molecule has 1 heterocycles. The predicted octanol–water partition coefficient (Wildman–Crippen LogP) is 1.73. The van der Waals surface area contributed by atoms with E-state index in [1.807, 2.05) is 24.3 Å². The van der Waals surface area contributed by atoms with Crippen LogP contribution in [0.25, 0.3) is 0 Å². The maximum atomic E-state index is 10.8. The summed E-state index contributed by atoms with van der Waals surface area (Å²) in [6, 6.07) is 8.06. The normalized spacial score (nSPS) is 21.4. The van der Waals surface area contributed by atoms with Gasteiger partial charge in [0.15, 0.2) is 6.10 Å². The Labute approximate surface area is 108 Å². The highest BCUT2D eigenvalue weighted by molar-refractivity contribution is 9.10. The molecule has 0 saturated carbocycles. The molecule has 0 aromatic heterocycles. The number of hydrogen-bond acceptors (Lipinski definition) is 3. The second-order valence-electron chi connectivity index (χ2n) is 4.06. The first-order valence-corrected chi connectivity index (χ1v) is 6.25. The standard InChI is InChI=1S/C12H14BrNO3/c13-10-3-1-9(2-4-10)7-14-5-6-17-11(8-14)12(15)16/h1-4,11H,5-8H2,(H,15,16). The quantitative estimate of drug-likeness (QED) is 0.923. The Bertz CT molecular complexity index is 393. The summed E-state index contributed by atoms with van der Waals surface area (Å²) < 4.78 is 6.23. The number of carbonyl (C=O) groups is 1. The molecule has 2 rings (SSSR count). The molecule has 0 spiro atoms. The molecular formula is C12H14BrNO3. The van der Waals surface area contributed by atoms with E-state index in [9.17, 15) is 4.79 Å². The number of aliphatic carboxylic acids is 1. The number of nitrogens with zero attached hydrogens (tertiary/aromatic N) is 1. The molecule has 0 aliphatic carbocycles. The molecule has 1 aliphatic heterocycles. The molecule has 5 heteroatoms. The fraction of sp³-hybridized carbons (Fsp3) is 0.417. The molecule has 92 valence electrons. The van der Waals surface area contributed by atoms with Crippen molar-refractivity contribution in [3.8, 4) is 0 Å². The number of rotatable bonds is 3. The number of carboxylic acid groups (broad SMARTS) is 1.